The molecule has 3 aromatic carbocycles. The van der Waals surface area contributed by atoms with Crippen molar-refractivity contribution >= 4 is 17.7 Å². The molecule has 0 aliphatic carbocycles. The molecule has 160 valence electrons. The maximum atomic E-state index is 13.0. The van der Waals surface area contributed by atoms with Crippen LogP contribution in [0.5, 0.6) is 0 Å². The normalized spacial score (nSPS) is 14.7. The van der Waals surface area contributed by atoms with E-state index in [4.69, 9.17) is 0 Å². The lowest BCUT2D eigenvalue weighted by molar-refractivity contribution is -0.130. The van der Waals surface area contributed by atoms with E-state index >= 15 is 0 Å². The number of hydrogen-bond acceptors (Lipinski definition) is 3. The van der Waals surface area contributed by atoms with Crippen LogP contribution in [0.1, 0.15) is 22.7 Å². The lowest BCUT2D eigenvalue weighted by atomic mass is 9.96. The fourth-order valence-electron chi connectivity index (χ4n) is 4.04. The molecular formula is C26H27FN2OS. The molecular weight excluding hydrogens is 407 g/mol. The second kappa shape index (κ2) is 10.6. The van der Waals surface area contributed by atoms with Crippen molar-refractivity contribution in [1.82, 2.24) is 9.80 Å². The van der Waals surface area contributed by atoms with Gasteiger partial charge in [-0.2, -0.15) is 0 Å². The highest BCUT2D eigenvalue weighted by atomic mass is 32.2. The third kappa shape index (κ3) is 5.75. The third-order valence-corrected chi connectivity index (χ3v) is 6.66. The van der Waals surface area contributed by atoms with Crippen LogP contribution in [0.4, 0.5) is 4.39 Å². The van der Waals surface area contributed by atoms with Gasteiger partial charge in [-0.15, -0.1) is 11.8 Å². The first kappa shape index (κ1) is 21.6. The van der Waals surface area contributed by atoms with Gasteiger partial charge in [0.2, 0.25) is 5.91 Å². The van der Waals surface area contributed by atoms with Gasteiger partial charge >= 0.3 is 0 Å². The molecule has 0 unspecified atom stereocenters. The highest BCUT2D eigenvalue weighted by molar-refractivity contribution is 7.99. The summed E-state index contributed by atoms with van der Waals surface area (Å²) < 4.78 is 13.0. The maximum absolute atomic E-state index is 13.0. The lowest BCUT2D eigenvalue weighted by Crippen LogP contribution is -2.50. The Morgan fingerprint density at radius 2 is 1.35 bits per heavy atom. The van der Waals surface area contributed by atoms with Crippen molar-refractivity contribution in [2.24, 2.45) is 0 Å². The Labute approximate surface area is 187 Å². The Morgan fingerprint density at radius 3 is 1.90 bits per heavy atom. The highest BCUT2D eigenvalue weighted by Crippen LogP contribution is 2.29. The van der Waals surface area contributed by atoms with E-state index in [1.54, 1.807) is 23.9 Å². The molecule has 3 aromatic rings. The van der Waals surface area contributed by atoms with Gasteiger partial charge in [0.15, 0.2) is 0 Å². The van der Waals surface area contributed by atoms with Crippen molar-refractivity contribution in [3.8, 4) is 0 Å². The molecule has 1 fully saturated rings. The molecule has 1 aliphatic heterocycles. The Hall–Kier alpha value is -2.63. The molecule has 3 nitrogen and oxygen atoms in total. The van der Waals surface area contributed by atoms with Crippen molar-refractivity contribution in [2.75, 3.05) is 31.9 Å². The van der Waals surface area contributed by atoms with E-state index in [1.807, 2.05) is 17.0 Å². The molecule has 0 N–H and O–H groups in total. The standard InChI is InChI=1S/C26H27FN2OS/c27-24-13-11-21(12-14-24)19-31-20-25(30)28-15-17-29(18-16-28)26(22-7-3-1-4-8-22)23-9-5-2-6-10-23/h1-14,26H,15-20H2. The summed E-state index contributed by atoms with van der Waals surface area (Å²) in [6.45, 7) is 3.18. The maximum Gasteiger partial charge on any atom is 0.232 e. The summed E-state index contributed by atoms with van der Waals surface area (Å²) in [5.41, 5.74) is 3.60. The number of thioether (sulfide) groups is 1. The molecule has 0 aromatic heterocycles. The minimum Gasteiger partial charge on any atom is -0.339 e. The number of carbonyl (C=O) groups excluding carboxylic acids is 1. The van der Waals surface area contributed by atoms with E-state index in [9.17, 15) is 9.18 Å². The van der Waals surface area contributed by atoms with Crippen molar-refractivity contribution in [3.05, 3.63) is 107 Å². The summed E-state index contributed by atoms with van der Waals surface area (Å²) in [6, 6.07) is 27.9. The molecule has 5 heteroatoms. The van der Waals surface area contributed by atoms with Crippen molar-refractivity contribution in [1.29, 1.82) is 0 Å². The van der Waals surface area contributed by atoms with Crippen LogP contribution >= 0.6 is 11.8 Å². The summed E-state index contributed by atoms with van der Waals surface area (Å²) in [5.74, 6) is 1.13. The molecule has 0 spiro atoms. The van der Waals surface area contributed by atoms with E-state index in [-0.39, 0.29) is 17.8 Å². The quantitative estimate of drug-likeness (QED) is 0.523. The van der Waals surface area contributed by atoms with Crippen LogP contribution in [-0.2, 0) is 10.5 Å². The average molecular weight is 435 g/mol. The number of hydrogen-bond donors (Lipinski definition) is 0. The van der Waals surface area contributed by atoms with Crippen LogP contribution in [0.3, 0.4) is 0 Å². The summed E-state index contributed by atoms with van der Waals surface area (Å²) in [7, 11) is 0. The average Bonchev–Trinajstić information content (AvgIpc) is 2.82. The van der Waals surface area contributed by atoms with Crippen LogP contribution in [0.15, 0.2) is 84.9 Å². The van der Waals surface area contributed by atoms with Gasteiger partial charge in [-0.05, 0) is 28.8 Å². The highest BCUT2D eigenvalue weighted by Gasteiger charge is 2.27. The van der Waals surface area contributed by atoms with Crippen molar-refractivity contribution in [2.45, 2.75) is 11.8 Å². The molecule has 1 amide bonds. The predicted molar refractivity (Wildman–Crippen MR) is 125 cm³/mol. The van der Waals surface area contributed by atoms with Gasteiger partial charge in [0, 0.05) is 31.9 Å². The zero-order valence-electron chi connectivity index (χ0n) is 17.5. The van der Waals surface area contributed by atoms with Crippen molar-refractivity contribution in [3.63, 3.8) is 0 Å². The van der Waals surface area contributed by atoms with E-state index in [1.165, 1.54) is 23.3 Å². The number of carbonyl (C=O) groups is 1. The van der Waals surface area contributed by atoms with Gasteiger partial charge in [0.25, 0.3) is 0 Å². The second-order valence-electron chi connectivity index (χ2n) is 7.76. The summed E-state index contributed by atoms with van der Waals surface area (Å²) in [5, 5.41) is 0. The largest absolute Gasteiger partial charge is 0.339 e. The Morgan fingerprint density at radius 1 is 0.806 bits per heavy atom. The minimum atomic E-state index is -0.230. The lowest BCUT2D eigenvalue weighted by Gasteiger charge is -2.39. The number of rotatable bonds is 7. The zero-order chi connectivity index (χ0) is 21.5. The van der Waals surface area contributed by atoms with Gasteiger partial charge in [-0.25, -0.2) is 4.39 Å². The van der Waals surface area contributed by atoms with Crippen molar-refractivity contribution < 1.29 is 9.18 Å². The van der Waals surface area contributed by atoms with E-state index in [0.29, 0.717) is 5.75 Å². The fraction of sp³-hybridized carbons (Fsp3) is 0.269. The molecule has 0 saturated carbocycles. The van der Waals surface area contributed by atoms with Gasteiger partial charge in [0.05, 0.1) is 11.8 Å². The molecule has 31 heavy (non-hydrogen) atoms. The topological polar surface area (TPSA) is 23.6 Å². The first-order chi connectivity index (χ1) is 15.2. The van der Waals surface area contributed by atoms with Crippen LogP contribution in [0, 0.1) is 5.82 Å². The van der Waals surface area contributed by atoms with Crippen LogP contribution in [0.25, 0.3) is 0 Å². The van der Waals surface area contributed by atoms with Gasteiger partial charge < -0.3 is 4.90 Å². The van der Waals surface area contributed by atoms with Gasteiger partial charge in [-0.3, -0.25) is 9.69 Å². The SMILES string of the molecule is O=C(CSCc1ccc(F)cc1)N1CCN(C(c2ccccc2)c2ccccc2)CC1. The molecule has 0 radical (unpaired) electrons. The molecule has 1 saturated heterocycles. The predicted octanol–water partition coefficient (Wildman–Crippen LogP) is 4.99. The monoisotopic (exact) mass is 434 g/mol. The van der Waals surface area contributed by atoms with Crippen LogP contribution in [-0.4, -0.2) is 47.6 Å². The smallest absolute Gasteiger partial charge is 0.232 e. The molecule has 0 bridgehead atoms. The zero-order valence-corrected chi connectivity index (χ0v) is 18.3. The first-order valence-electron chi connectivity index (χ1n) is 10.6. The third-order valence-electron chi connectivity index (χ3n) is 5.67. The number of piperazine rings is 1. The second-order valence-corrected chi connectivity index (χ2v) is 8.75. The Bertz CT molecular complexity index is 918. The Balaban J connectivity index is 1.33. The van der Waals surface area contributed by atoms with Gasteiger partial charge in [-0.1, -0.05) is 72.8 Å². The van der Waals surface area contributed by atoms with E-state index in [2.05, 4.69) is 53.4 Å². The number of benzene rings is 3. The molecule has 0 atom stereocenters. The number of nitrogens with zero attached hydrogens (tertiary/aromatic N) is 2. The fourth-order valence-corrected chi connectivity index (χ4v) is 4.93. The summed E-state index contributed by atoms with van der Waals surface area (Å²) in [6.07, 6.45) is 0. The van der Waals surface area contributed by atoms with Crippen LogP contribution in [0.2, 0.25) is 0 Å². The van der Waals surface area contributed by atoms with E-state index in [0.717, 1.165) is 37.5 Å². The Kier molecular flexibility index (Phi) is 7.39. The molecule has 1 aliphatic rings. The molecule has 1 heterocycles. The van der Waals surface area contributed by atoms with E-state index < -0.39 is 0 Å². The molecule has 4 rings (SSSR count). The van der Waals surface area contributed by atoms with Crippen LogP contribution < -0.4 is 0 Å². The number of halogens is 1. The summed E-state index contributed by atoms with van der Waals surface area (Å²) in [4.78, 5) is 17.1. The minimum absolute atomic E-state index is 0.183. The van der Waals surface area contributed by atoms with Gasteiger partial charge in [0.1, 0.15) is 5.82 Å². The summed E-state index contributed by atoms with van der Waals surface area (Å²) >= 11 is 1.59. The number of amides is 1. The first-order valence-corrected chi connectivity index (χ1v) is 11.8.